The molecule has 192 valence electrons. The van der Waals surface area contributed by atoms with E-state index in [2.05, 4.69) is 20.3 Å². The van der Waals surface area contributed by atoms with E-state index in [1.54, 1.807) is 19.2 Å². The molecular formula is C26H26N4O5S2. The molecule has 3 aromatic carbocycles. The molecule has 37 heavy (non-hydrogen) atoms. The molecule has 0 fully saturated rings. The van der Waals surface area contributed by atoms with Crippen LogP contribution in [-0.4, -0.2) is 40.1 Å². The number of carbonyl (C=O) groups is 1. The maximum absolute atomic E-state index is 12.6. The van der Waals surface area contributed by atoms with Crippen LogP contribution in [0.3, 0.4) is 0 Å². The second-order valence-corrected chi connectivity index (χ2v) is 10.4. The van der Waals surface area contributed by atoms with Gasteiger partial charge in [-0.25, -0.2) is 18.1 Å². The minimum Gasteiger partial charge on any atom is -0.495 e. The molecule has 4 rings (SSSR count). The molecule has 0 aliphatic carbocycles. The highest BCUT2D eigenvalue weighted by molar-refractivity contribution is 7.89. The molecule has 0 unspecified atom stereocenters. The van der Waals surface area contributed by atoms with E-state index >= 15 is 0 Å². The molecule has 1 heterocycles. The van der Waals surface area contributed by atoms with Crippen molar-refractivity contribution in [3.63, 3.8) is 0 Å². The van der Waals surface area contributed by atoms with Crippen molar-refractivity contribution in [3.05, 3.63) is 83.7 Å². The third kappa shape index (κ3) is 6.85. The summed E-state index contributed by atoms with van der Waals surface area (Å²) in [6, 6.07) is 20.5. The number of sulfonamides is 1. The van der Waals surface area contributed by atoms with Crippen molar-refractivity contribution in [1.29, 1.82) is 0 Å². The number of methoxy groups -OCH3 is 1. The Hall–Kier alpha value is -3.93. The molecule has 0 saturated carbocycles. The number of thiazole rings is 1. The topological polar surface area (TPSA) is 119 Å². The maximum Gasteiger partial charge on any atom is 0.262 e. The van der Waals surface area contributed by atoms with Gasteiger partial charge in [-0.3, -0.25) is 4.79 Å². The summed E-state index contributed by atoms with van der Waals surface area (Å²) < 4.78 is 38.6. The monoisotopic (exact) mass is 538 g/mol. The zero-order valence-corrected chi connectivity index (χ0v) is 21.9. The van der Waals surface area contributed by atoms with Gasteiger partial charge in [0.15, 0.2) is 11.7 Å². The smallest absolute Gasteiger partial charge is 0.262 e. The SMILES string of the molecule is CNc1nc(-c2ccc(OC)c(NC(=O)COc3ccc(S(=O)(=O)NCc4ccccc4)cc3)c2)cs1. The van der Waals surface area contributed by atoms with Crippen LogP contribution >= 0.6 is 11.3 Å². The summed E-state index contributed by atoms with van der Waals surface area (Å²) in [6.45, 7) is -0.0856. The van der Waals surface area contributed by atoms with Crippen LogP contribution in [0.5, 0.6) is 11.5 Å². The molecular weight excluding hydrogens is 512 g/mol. The molecule has 0 radical (unpaired) electrons. The number of benzene rings is 3. The predicted octanol–water partition coefficient (Wildman–Crippen LogP) is 4.36. The van der Waals surface area contributed by atoms with Gasteiger partial charge in [0.1, 0.15) is 11.5 Å². The lowest BCUT2D eigenvalue weighted by atomic mass is 10.1. The van der Waals surface area contributed by atoms with Gasteiger partial charge in [0.25, 0.3) is 5.91 Å². The summed E-state index contributed by atoms with van der Waals surface area (Å²) >= 11 is 1.48. The molecule has 3 N–H and O–H groups in total. The van der Waals surface area contributed by atoms with Crippen LogP contribution in [-0.2, 0) is 21.4 Å². The zero-order valence-electron chi connectivity index (χ0n) is 20.2. The first-order chi connectivity index (χ1) is 17.9. The van der Waals surface area contributed by atoms with Crippen molar-refractivity contribution in [2.24, 2.45) is 0 Å². The average Bonchev–Trinajstić information content (AvgIpc) is 3.41. The number of carbonyl (C=O) groups excluding carboxylic acids is 1. The van der Waals surface area contributed by atoms with Crippen LogP contribution in [0, 0.1) is 0 Å². The number of nitrogens with one attached hydrogen (secondary N) is 3. The number of rotatable bonds is 11. The molecule has 0 aliphatic rings. The highest BCUT2D eigenvalue weighted by atomic mass is 32.2. The second kappa shape index (κ2) is 11.9. The van der Waals surface area contributed by atoms with Crippen molar-refractivity contribution in [3.8, 4) is 22.8 Å². The minimum atomic E-state index is -3.69. The van der Waals surface area contributed by atoms with Crippen molar-refractivity contribution in [2.75, 3.05) is 31.4 Å². The van der Waals surface area contributed by atoms with E-state index in [9.17, 15) is 13.2 Å². The summed E-state index contributed by atoms with van der Waals surface area (Å²) in [5.41, 5.74) is 2.94. The van der Waals surface area contributed by atoms with E-state index < -0.39 is 15.9 Å². The maximum atomic E-state index is 12.6. The third-order valence-electron chi connectivity index (χ3n) is 5.30. The lowest BCUT2D eigenvalue weighted by Crippen LogP contribution is -2.23. The fraction of sp³-hybridized carbons (Fsp3) is 0.154. The first-order valence-corrected chi connectivity index (χ1v) is 13.6. The van der Waals surface area contributed by atoms with E-state index in [1.165, 1.54) is 42.7 Å². The normalized spacial score (nSPS) is 11.1. The first kappa shape index (κ1) is 26.1. The Kier molecular flexibility index (Phi) is 8.39. The molecule has 0 saturated heterocycles. The highest BCUT2D eigenvalue weighted by Gasteiger charge is 2.15. The van der Waals surface area contributed by atoms with Gasteiger partial charge in [-0.15, -0.1) is 11.3 Å². The van der Waals surface area contributed by atoms with Crippen molar-refractivity contribution in [1.82, 2.24) is 9.71 Å². The van der Waals surface area contributed by atoms with Crippen LogP contribution in [0.25, 0.3) is 11.3 Å². The number of aromatic nitrogens is 1. The fourth-order valence-corrected chi connectivity index (χ4v) is 5.09. The molecule has 0 bridgehead atoms. The fourth-order valence-electron chi connectivity index (χ4n) is 3.39. The van der Waals surface area contributed by atoms with E-state index in [1.807, 2.05) is 41.8 Å². The molecule has 1 amide bonds. The average molecular weight is 539 g/mol. The van der Waals surface area contributed by atoms with Gasteiger partial charge in [-0.05, 0) is 48.0 Å². The van der Waals surface area contributed by atoms with E-state index in [4.69, 9.17) is 9.47 Å². The molecule has 4 aromatic rings. The minimum absolute atomic E-state index is 0.102. The summed E-state index contributed by atoms with van der Waals surface area (Å²) in [5.74, 6) is 0.463. The molecule has 1 aromatic heterocycles. The summed E-state index contributed by atoms with van der Waals surface area (Å²) in [4.78, 5) is 17.2. The van der Waals surface area contributed by atoms with E-state index in [0.717, 1.165) is 22.0 Å². The Bertz CT molecular complexity index is 1460. The van der Waals surface area contributed by atoms with Crippen LogP contribution < -0.4 is 24.8 Å². The second-order valence-electron chi connectivity index (χ2n) is 7.82. The van der Waals surface area contributed by atoms with Gasteiger partial charge in [0.2, 0.25) is 10.0 Å². The van der Waals surface area contributed by atoms with Gasteiger partial charge >= 0.3 is 0 Å². The quantitative estimate of drug-likeness (QED) is 0.260. The molecule has 0 spiro atoms. The number of amides is 1. The van der Waals surface area contributed by atoms with Crippen LogP contribution in [0.4, 0.5) is 10.8 Å². The standard InChI is InChI=1S/C26H26N4O5S2/c1-27-26-30-23(17-36-26)19-8-13-24(34-2)22(14-19)29-25(31)16-35-20-9-11-21(12-10-20)37(32,33)28-15-18-6-4-3-5-7-18/h3-14,17,28H,15-16H2,1-2H3,(H,27,30)(H,29,31). The van der Waals surface area contributed by atoms with Crippen LogP contribution in [0.2, 0.25) is 0 Å². The van der Waals surface area contributed by atoms with E-state index in [-0.39, 0.29) is 18.0 Å². The Morgan fingerprint density at radius 3 is 2.46 bits per heavy atom. The Labute approximate surface area is 219 Å². The van der Waals surface area contributed by atoms with Crippen molar-refractivity contribution < 1.29 is 22.7 Å². The lowest BCUT2D eigenvalue weighted by molar-refractivity contribution is -0.118. The van der Waals surface area contributed by atoms with Gasteiger partial charge in [0.05, 0.1) is 23.4 Å². The molecule has 0 aliphatic heterocycles. The lowest BCUT2D eigenvalue weighted by Gasteiger charge is -2.12. The molecule has 0 atom stereocenters. The summed E-state index contributed by atoms with van der Waals surface area (Å²) in [7, 11) is -0.365. The number of hydrogen-bond acceptors (Lipinski definition) is 8. The number of nitrogens with zero attached hydrogens (tertiary/aromatic N) is 1. The Balaban J connectivity index is 1.35. The molecule has 11 heteroatoms. The van der Waals surface area contributed by atoms with Gasteiger partial charge in [-0.2, -0.15) is 0 Å². The molecule has 9 nitrogen and oxygen atoms in total. The largest absolute Gasteiger partial charge is 0.495 e. The highest BCUT2D eigenvalue weighted by Crippen LogP contribution is 2.32. The van der Waals surface area contributed by atoms with Crippen LogP contribution in [0.15, 0.2) is 83.1 Å². The van der Waals surface area contributed by atoms with E-state index in [0.29, 0.717) is 17.2 Å². The van der Waals surface area contributed by atoms with Crippen molar-refractivity contribution in [2.45, 2.75) is 11.4 Å². The zero-order chi connectivity index (χ0) is 26.3. The summed E-state index contributed by atoms with van der Waals surface area (Å²) in [6.07, 6.45) is 0. The predicted molar refractivity (Wildman–Crippen MR) is 145 cm³/mol. The summed E-state index contributed by atoms with van der Waals surface area (Å²) in [5, 5.41) is 8.51. The number of anilines is 2. The Morgan fingerprint density at radius 2 is 1.78 bits per heavy atom. The van der Waals surface area contributed by atoms with Crippen molar-refractivity contribution >= 4 is 38.1 Å². The Morgan fingerprint density at radius 1 is 1.03 bits per heavy atom. The van der Waals surface area contributed by atoms with Gasteiger partial charge in [0, 0.05) is 24.5 Å². The van der Waals surface area contributed by atoms with Gasteiger partial charge in [-0.1, -0.05) is 30.3 Å². The van der Waals surface area contributed by atoms with Gasteiger partial charge < -0.3 is 20.1 Å². The first-order valence-electron chi connectivity index (χ1n) is 11.3. The van der Waals surface area contributed by atoms with Crippen LogP contribution in [0.1, 0.15) is 5.56 Å². The third-order valence-corrected chi connectivity index (χ3v) is 7.58. The number of hydrogen-bond donors (Lipinski definition) is 3. The number of ether oxygens (including phenoxy) is 2.